The molecule has 4 rings (SSSR count). The summed E-state index contributed by atoms with van der Waals surface area (Å²) >= 11 is 0. The van der Waals surface area contributed by atoms with E-state index in [1.807, 2.05) is 73.3 Å². The van der Waals surface area contributed by atoms with Crippen molar-refractivity contribution in [2.24, 2.45) is 5.92 Å². The monoisotopic (exact) mass is 422 g/mol. The molecule has 0 radical (unpaired) electrons. The minimum Gasteiger partial charge on any atom is -0.372 e. The highest BCUT2D eigenvalue weighted by atomic mass is 16.5. The highest BCUT2D eigenvalue weighted by Gasteiger charge is 2.33. The lowest BCUT2D eigenvalue weighted by atomic mass is 9.94. The normalized spacial score (nSPS) is 25.9. The zero-order valence-corrected chi connectivity index (χ0v) is 18.0. The van der Waals surface area contributed by atoms with Crippen molar-refractivity contribution in [3.63, 3.8) is 0 Å². The molecule has 4 atom stereocenters. The van der Waals surface area contributed by atoms with E-state index in [-0.39, 0.29) is 36.0 Å². The Morgan fingerprint density at radius 1 is 1.03 bits per heavy atom. The van der Waals surface area contributed by atoms with Gasteiger partial charge in [0.1, 0.15) is 0 Å². The molecule has 2 aromatic carbocycles. The average molecular weight is 423 g/mol. The van der Waals surface area contributed by atoms with Gasteiger partial charge in [-0.1, -0.05) is 42.5 Å². The molecule has 2 fully saturated rings. The molecule has 4 unspecified atom stereocenters. The maximum absolute atomic E-state index is 12.8. The van der Waals surface area contributed by atoms with E-state index in [2.05, 4.69) is 16.2 Å². The number of hydrogen-bond donors (Lipinski definition) is 3. The first kappa shape index (κ1) is 21.5. The van der Waals surface area contributed by atoms with Crippen LogP contribution in [0.1, 0.15) is 41.4 Å². The molecule has 7 heteroatoms. The number of rotatable bonds is 5. The molecule has 0 aliphatic carbocycles. The van der Waals surface area contributed by atoms with Crippen molar-refractivity contribution < 1.29 is 14.3 Å². The molecule has 7 nitrogen and oxygen atoms in total. The molecule has 0 saturated carbocycles. The third-order valence-corrected chi connectivity index (χ3v) is 5.85. The Balaban J connectivity index is 1.33. The fraction of sp³-hybridized carbons (Fsp3) is 0.417. The molecule has 2 aromatic rings. The number of nitrogens with zero attached hydrogens (tertiary/aromatic N) is 1. The Bertz CT molecular complexity index is 893. The summed E-state index contributed by atoms with van der Waals surface area (Å²) in [5.41, 5.74) is 9.00. The summed E-state index contributed by atoms with van der Waals surface area (Å²) in [6.07, 6.45) is 0.0860. The van der Waals surface area contributed by atoms with Crippen LogP contribution in [-0.2, 0) is 16.1 Å². The van der Waals surface area contributed by atoms with Crippen molar-refractivity contribution in [3.05, 3.63) is 71.3 Å². The minimum absolute atomic E-state index is 0.00259. The number of nitrogens with one attached hydrogen (secondary N) is 3. The Kier molecular flexibility index (Phi) is 6.65. The van der Waals surface area contributed by atoms with Crippen molar-refractivity contribution in [1.29, 1.82) is 0 Å². The van der Waals surface area contributed by atoms with Crippen LogP contribution in [0.25, 0.3) is 0 Å². The van der Waals surface area contributed by atoms with Gasteiger partial charge in [-0.15, -0.1) is 0 Å². The molecule has 2 saturated heterocycles. The number of benzene rings is 2. The van der Waals surface area contributed by atoms with Crippen LogP contribution in [0.3, 0.4) is 0 Å². The van der Waals surface area contributed by atoms with Gasteiger partial charge >= 0.3 is 0 Å². The molecule has 2 aliphatic heterocycles. The first-order valence-electron chi connectivity index (χ1n) is 10.9. The SMILES string of the molecule is CC1CN(C(=O)c2ccc(CNC(=O)C3CNNC3c3ccccc3)cc2)CC(C)O1. The Morgan fingerprint density at radius 3 is 2.39 bits per heavy atom. The molecule has 3 N–H and O–H groups in total. The molecule has 0 spiro atoms. The molecule has 0 bridgehead atoms. The van der Waals surface area contributed by atoms with Crippen LogP contribution in [0.4, 0.5) is 0 Å². The van der Waals surface area contributed by atoms with E-state index in [0.717, 1.165) is 11.1 Å². The van der Waals surface area contributed by atoms with Gasteiger partial charge in [-0.25, -0.2) is 5.43 Å². The molecule has 0 aromatic heterocycles. The van der Waals surface area contributed by atoms with Gasteiger partial charge in [0, 0.05) is 31.7 Å². The molecule has 2 heterocycles. The smallest absolute Gasteiger partial charge is 0.254 e. The number of hydrogen-bond acceptors (Lipinski definition) is 5. The first-order valence-corrected chi connectivity index (χ1v) is 10.9. The van der Waals surface area contributed by atoms with E-state index in [4.69, 9.17) is 4.74 Å². The van der Waals surface area contributed by atoms with Gasteiger partial charge in [0.05, 0.1) is 24.2 Å². The van der Waals surface area contributed by atoms with E-state index in [1.165, 1.54) is 0 Å². The molecule has 2 amide bonds. The van der Waals surface area contributed by atoms with Gasteiger partial charge < -0.3 is 15.0 Å². The Morgan fingerprint density at radius 2 is 1.71 bits per heavy atom. The van der Waals surface area contributed by atoms with Crippen LogP contribution in [0, 0.1) is 5.92 Å². The molecular formula is C24H30N4O3. The lowest BCUT2D eigenvalue weighted by Crippen LogP contribution is -2.48. The summed E-state index contributed by atoms with van der Waals surface area (Å²) < 4.78 is 5.71. The molecular weight excluding hydrogens is 392 g/mol. The average Bonchev–Trinajstić information content (AvgIpc) is 3.27. The third-order valence-electron chi connectivity index (χ3n) is 5.85. The number of ether oxygens (including phenoxy) is 1. The number of morpholine rings is 1. The van der Waals surface area contributed by atoms with Gasteiger partial charge in [0.15, 0.2) is 0 Å². The predicted octanol–water partition coefficient (Wildman–Crippen LogP) is 2.02. The Labute approximate surface area is 183 Å². The van der Waals surface area contributed by atoms with E-state index in [1.54, 1.807) is 0 Å². The summed E-state index contributed by atoms with van der Waals surface area (Å²) in [7, 11) is 0. The fourth-order valence-corrected chi connectivity index (χ4v) is 4.33. The number of carbonyl (C=O) groups excluding carboxylic acids is 2. The summed E-state index contributed by atoms with van der Waals surface area (Å²) in [4.78, 5) is 27.4. The van der Waals surface area contributed by atoms with Crippen LogP contribution in [0.15, 0.2) is 54.6 Å². The van der Waals surface area contributed by atoms with E-state index < -0.39 is 0 Å². The van der Waals surface area contributed by atoms with Gasteiger partial charge in [-0.2, -0.15) is 0 Å². The number of carbonyl (C=O) groups is 2. The second-order valence-electron chi connectivity index (χ2n) is 8.40. The summed E-state index contributed by atoms with van der Waals surface area (Å²) in [5, 5.41) is 3.03. The van der Waals surface area contributed by atoms with Gasteiger partial charge in [0.25, 0.3) is 5.91 Å². The lowest BCUT2D eigenvalue weighted by Gasteiger charge is -2.35. The zero-order valence-electron chi connectivity index (χ0n) is 18.0. The van der Waals surface area contributed by atoms with Gasteiger partial charge in [-0.3, -0.25) is 15.0 Å². The lowest BCUT2D eigenvalue weighted by molar-refractivity contribution is -0.125. The van der Waals surface area contributed by atoms with Crippen LogP contribution < -0.4 is 16.2 Å². The number of amides is 2. The first-order chi connectivity index (χ1) is 15.0. The van der Waals surface area contributed by atoms with Crippen molar-refractivity contribution in [2.75, 3.05) is 19.6 Å². The number of hydrazine groups is 1. The predicted molar refractivity (Wildman–Crippen MR) is 118 cm³/mol. The van der Waals surface area contributed by atoms with Gasteiger partial charge in [0.2, 0.25) is 5.91 Å². The quantitative estimate of drug-likeness (QED) is 0.687. The van der Waals surface area contributed by atoms with E-state index in [0.29, 0.717) is 31.7 Å². The van der Waals surface area contributed by atoms with Crippen LogP contribution in [-0.4, -0.2) is 48.6 Å². The minimum atomic E-state index is -0.187. The van der Waals surface area contributed by atoms with Crippen molar-refractivity contribution in [1.82, 2.24) is 21.1 Å². The van der Waals surface area contributed by atoms with Gasteiger partial charge in [-0.05, 0) is 37.1 Å². The van der Waals surface area contributed by atoms with Crippen LogP contribution in [0.5, 0.6) is 0 Å². The summed E-state index contributed by atoms with van der Waals surface area (Å²) in [5.74, 6) is -0.164. The molecule has 2 aliphatic rings. The van der Waals surface area contributed by atoms with Crippen LogP contribution >= 0.6 is 0 Å². The topological polar surface area (TPSA) is 82.7 Å². The van der Waals surface area contributed by atoms with Crippen LogP contribution in [0.2, 0.25) is 0 Å². The summed E-state index contributed by atoms with van der Waals surface area (Å²) in [6.45, 7) is 6.19. The second kappa shape index (κ2) is 9.60. The molecule has 31 heavy (non-hydrogen) atoms. The second-order valence-corrected chi connectivity index (χ2v) is 8.40. The fourth-order valence-electron chi connectivity index (χ4n) is 4.33. The van der Waals surface area contributed by atoms with Crippen molar-refractivity contribution >= 4 is 11.8 Å². The molecule has 164 valence electrons. The van der Waals surface area contributed by atoms with E-state index in [9.17, 15) is 9.59 Å². The highest BCUT2D eigenvalue weighted by Crippen LogP contribution is 2.25. The van der Waals surface area contributed by atoms with Crippen molar-refractivity contribution in [2.45, 2.75) is 38.6 Å². The highest BCUT2D eigenvalue weighted by molar-refractivity contribution is 5.94. The zero-order chi connectivity index (χ0) is 21.8. The standard InChI is InChI=1S/C24H30N4O3/c1-16-14-28(15-17(2)31-16)24(30)20-10-8-18(9-11-20)12-25-23(29)21-13-26-27-22(21)19-6-4-3-5-7-19/h3-11,16-17,21-22,26-27H,12-15H2,1-2H3,(H,25,29). The van der Waals surface area contributed by atoms with E-state index >= 15 is 0 Å². The largest absolute Gasteiger partial charge is 0.372 e. The summed E-state index contributed by atoms with van der Waals surface area (Å²) in [6, 6.07) is 17.4. The maximum Gasteiger partial charge on any atom is 0.254 e. The van der Waals surface area contributed by atoms with Crippen molar-refractivity contribution in [3.8, 4) is 0 Å². The third kappa shape index (κ3) is 5.12. The Hall–Kier alpha value is -2.74. The maximum atomic E-state index is 12.8.